The summed E-state index contributed by atoms with van der Waals surface area (Å²) in [6.45, 7) is 2.87. The largest absolute Gasteiger partial charge is 0.492 e. The number of hydrogen-bond donors (Lipinski definition) is 2. The molecule has 118 valence electrons. The summed E-state index contributed by atoms with van der Waals surface area (Å²) in [5, 5.41) is 0. The molecule has 2 rings (SSSR count). The van der Waals surface area contributed by atoms with Gasteiger partial charge in [-0.15, -0.1) is 0 Å². The summed E-state index contributed by atoms with van der Waals surface area (Å²) in [7, 11) is -3.46. The molecule has 0 heterocycles. The lowest BCUT2D eigenvalue weighted by Gasteiger charge is -2.17. The minimum atomic E-state index is -3.46. The molecule has 1 aliphatic rings. The Kier molecular flexibility index (Phi) is 5.61. The fourth-order valence-electron chi connectivity index (χ4n) is 2.23. The van der Waals surface area contributed by atoms with E-state index in [1.165, 1.54) is 12.8 Å². The van der Waals surface area contributed by atoms with Crippen molar-refractivity contribution >= 4 is 10.0 Å². The van der Waals surface area contributed by atoms with E-state index in [9.17, 15) is 8.42 Å². The SMILES string of the molecule is CCC(CC1CC1)NS(=O)(=O)c1ccc(OCCN)cc1. The van der Waals surface area contributed by atoms with Crippen LogP contribution in [0.1, 0.15) is 32.6 Å². The summed E-state index contributed by atoms with van der Waals surface area (Å²) in [4.78, 5) is 0.275. The van der Waals surface area contributed by atoms with Crippen molar-refractivity contribution < 1.29 is 13.2 Å². The van der Waals surface area contributed by atoms with E-state index >= 15 is 0 Å². The fourth-order valence-corrected chi connectivity index (χ4v) is 3.57. The Morgan fingerprint density at radius 1 is 1.33 bits per heavy atom. The number of rotatable bonds is 9. The molecule has 0 bridgehead atoms. The first kappa shape index (κ1) is 16.3. The van der Waals surface area contributed by atoms with E-state index in [0.29, 0.717) is 24.8 Å². The molecular formula is C15H24N2O3S. The van der Waals surface area contributed by atoms with Gasteiger partial charge in [0.05, 0.1) is 4.90 Å². The third-order valence-electron chi connectivity index (χ3n) is 3.65. The predicted molar refractivity (Wildman–Crippen MR) is 82.7 cm³/mol. The van der Waals surface area contributed by atoms with E-state index in [4.69, 9.17) is 10.5 Å². The standard InChI is InChI=1S/C15H24N2O3S/c1-2-13(11-12-3-4-12)17-21(18,19)15-7-5-14(6-8-15)20-10-9-16/h5-8,12-13,17H,2-4,9-11,16H2,1H3. The quantitative estimate of drug-likeness (QED) is 0.729. The maximum absolute atomic E-state index is 12.4. The Balaban J connectivity index is 2.00. The van der Waals surface area contributed by atoms with Gasteiger partial charge in [-0.05, 0) is 43.0 Å². The monoisotopic (exact) mass is 312 g/mol. The van der Waals surface area contributed by atoms with Crippen LogP contribution in [0, 0.1) is 5.92 Å². The molecule has 21 heavy (non-hydrogen) atoms. The third kappa shape index (κ3) is 4.98. The van der Waals surface area contributed by atoms with Crippen molar-refractivity contribution in [2.24, 2.45) is 11.7 Å². The zero-order valence-electron chi connectivity index (χ0n) is 12.4. The fraction of sp³-hybridized carbons (Fsp3) is 0.600. The highest BCUT2D eigenvalue weighted by Crippen LogP contribution is 2.34. The minimum absolute atomic E-state index is 0.0238. The van der Waals surface area contributed by atoms with Crippen molar-refractivity contribution in [1.82, 2.24) is 4.72 Å². The van der Waals surface area contributed by atoms with Gasteiger partial charge in [0.2, 0.25) is 10.0 Å². The first-order valence-corrected chi connectivity index (χ1v) is 8.98. The van der Waals surface area contributed by atoms with Crippen molar-refractivity contribution in [3.63, 3.8) is 0 Å². The van der Waals surface area contributed by atoms with Gasteiger partial charge in [0.15, 0.2) is 0 Å². The number of hydrogen-bond acceptors (Lipinski definition) is 4. The first-order chi connectivity index (χ1) is 10.0. The van der Waals surface area contributed by atoms with Crippen LogP contribution in [0.15, 0.2) is 29.2 Å². The molecule has 1 aromatic carbocycles. The van der Waals surface area contributed by atoms with Crippen molar-refractivity contribution in [2.45, 2.75) is 43.5 Å². The number of nitrogens with one attached hydrogen (secondary N) is 1. The average molecular weight is 312 g/mol. The van der Waals surface area contributed by atoms with Crippen LogP contribution in [0.3, 0.4) is 0 Å². The molecule has 0 aliphatic heterocycles. The summed E-state index contributed by atoms with van der Waals surface area (Å²) in [6.07, 6.45) is 4.21. The molecule has 0 aromatic heterocycles. The van der Waals surface area contributed by atoms with Crippen LogP contribution < -0.4 is 15.2 Å². The van der Waals surface area contributed by atoms with E-state index < -0.39 is 10.0 Å². The molecule has 1 fully saturated rings. The summed E-state index contributed by atoms with van der Waals surface area (Å²) in [5.74, 6) is 1.33. The van der Waals surface area contributed by atoms with Gasteiger partial charge in [0.25, 0.3) is 0 Å². The van der Waals surface area contributed by atoms with Crippen molar-refractivity contribution in [2.75, 3.05) is 13.2 Å². The van der Waals surface area contributed by atoms with Gasteiger partial charge in [-0.25, -0.2) is 13.1 Å². The molecule has 0 radical (unpaired) electrons. The number of nitrogens with two attached hydrogens (primary N) is 1. The molecule has 6 heteroatoms. The Morgan fingerprint density at radius 3 is 2.52 bits per heavy atom. The highest BCUT2D eigenvalue weighted by atomic mass is 32.2. The molecule has 3 N–H and O–H groups in total. The molecule has 0 amide bonds. The molecule has 1 saturated carbocycles. The molecular weight excluding hydrogens is 288 g/mol. The van der Waals surface area contributed by atoms with E-state index in [0.717, 1.165) is 12.8 Å². The van der Waals surface area contributed by atoms with Gasteiger partial charge in [-0.3, -0.25) is 0 Å². The predicted octanol–water partition coefficient (Wildman–Crippen LogP) is 1.88. The maximum Gasteiger partial charge on any atom is 0.240 e. The van der Waals surface area contributed by atoms with Crippen molar-refractivity contribution in [1.29, 1.82) is 0 Å². The molecule has 0 spiro atoms. The van der Waals surface area contributed by atoms with E-state index in [2.05, 4.69) is 4.72 Å². The van der Waals surface area contributed by atoms with Gasteiger partial charge in [-0.2, -0.15) is 0 Å². The minimum Gasteiger partial charge on any atom is -0.492 e. The second kappa shape index (κ2) is 7.24. The maximum atomic E-state index is 12.4. The average Bonchev–Trinajstić information content (AvgIpc) is 3.28. The molecule has 0 saturated heterocycles. The summed E-state index contributed by atoms with van der Waals surface area (Å²) < 4.78 is 32.9. The molecule has 1 aliphatic carbocycles. The van der Waals surface area contributed by atoms with Crippen LogP contribution >= 0.6 is 0 Å². The molecule has 1 atom stereocenters. The number of sulfonamides is 1. The highest BCUT2D eigenvalue weighted by Gasteiger charge is 2.27. The van der Waals surface area contributed by atoms with Crippen LogP contribution in [-0.4, -0.2) is 27.6 Å². The van der Waals surface area contributed by atoms with Gasteiger partial charge < -0.3 is 10.5 Å². The van der Waals surface area contributed by atoms with Gasteiger partial charge in [0, 0.05) is 12.6 Å². The molecule has 1 unspecified atom stereocenters. The van der Waals surface area contributed by atoms with Gasteiger partial charge in [-0.1, -0.05) is 19.8 Å². The molecule has 5 nitrogen and oxygen atoms in total. The number of benzene rings is 1. The van der Waals surface area contributed by atoms with Crippen LogP contribution in [0.4, 0.5) is 0 Å². The Bertz CT molecular complexity index is 539. The third-order valence-corrected chi connectivity index (χ3v) is 5.19. The first-order valence-electron chi connectivity index (χ1n) is 7.50. The zero-order valence-corrected chi connectivity index (χ0v) is 13.2. The summed E-state index contributed by atoms with van der Waals surface area (Å²) in [5.41, 5.74) is 5.36. The van der Waals surface area contributed by atoms with E-state index in [1.807, 2.05) is 6.92 Å². The Morgan fingerprint density at radius 2 is 2.00 bits per heavy atom. The van der Waals surface area contributed by atoms with Crippen molar-refractivity contribution in [3.8, 4) is 5.75 Å². The van der Waals surface area contributed by atoms with Crippen LogP contribution in [0.2, 0.25) is 0 Å². The smallest absolute Gasteiger partial charge is 0.240 e. The lowest BCUT2D eigenvalue weighted by atomic mass is 10.1. The van der Waals surface area contributed by atoms with E-state index in [-0.39, 0.29) is 10.9 Å². The van der Waals surface area contributed by atoms with Gasteiger partial charge in [0.1, 0.15) is 12.4 Å². The Hall–Kier alpha value is -1.11. The zero-order chi connectivity index (χ0) is 15.3. The number of ether oxygens (including phenoxy) is 1. The van der Waals surface area contributed by atoms with Crippen LogP contribution in [-0.2, 0) is 10.0 Å². The molecule has 1 aromatic rings. The summed E-state index contributed by atoms with van der Waals surface area (Å²) in [6, 6.07) is 6.48. The van der Waals surface area contributed by atoms with Gasteiger partial charge >= 0.3 is 0 Å². The van der Waals surface area contributed by atoms with Crippen LogP contribution in [0.5, 0.6) is 5.75 Å². The topological polar surface area (TPSA) is 81.4 Å². The Labute approximate surface area is 126 Å². The highest BCUT2D eigenvalue weighted by molar-refractivity contribution is 7.89. The van der Waals surface area contributed by atoms with E-state index in [1.54, 1.807) is 24.3 Å². The normalized spacial score (nSPS) is 16.7. The van der Waals surface area contributed by atoms with Crippen molar-refractivity contribution in [3.05, 3.63) is 24.3 Å². The van der Waals surface area contributed by atoms with Crippen LogP contribution in [0.25, 0.3) is 0 Å². The second-order valence-electron chi connectivity index (χ2n) is 5.51. The second-order valence-corrected chi connectivity index (χ2v) is 7.23. The lowest BCUT2D eigenvalue weighted by molar-refractivity contribution is 0.328. The summed E-state index contributed by atoms with van der Waals surface area (Å²) >= 11 is 0. The lowest BCUT2D eigenvalue weighted by Crippen LogP contribution is -2.34.